The van der Waals surface area contributed by atoms with Crippen molar-refractivity contribution >= 4 is 17.1 Å². The standard InChI is InChI=1S/C16H20N4O2.C7H5F3O/c21-13-4-7-19(11-13)16(22)14-10-17-20-8-3-12(9-15(14)20)18-5-1-2-6-18;8-5-1-3-6(4-2-5)11-7(9)10/h3,8-10,13,21H,1-2,4-7,11H2;1-4,7H. The molecule has 1 aromatic carbocycles. The van der Waals surface area contributed by atoms with Crippen molar-refractivity contribution in [3.63, 3.8) is 0 Å². The molecule has 1 unspecified atom stereocenters. The maximum atomic E-state index is 12.6. The summed E-state index contributed by atoms with van der Waals surface area (Å²) in [4.78, 5) is 16.7. The Morgan fingerprint density at radius 3 is 2.48 bits per heavy atom. The van der Waals surface area contributed by atoms with Crippen LogP contribution in [-0.2, 0) is 0 Å². The number of rotatable bonds is 4. The van der Waals surface area contributed by atoms with Gasteiger partial charge in [-0.1, -0.05) is 0 Å². The fraction of sp³-hybridized carbons (Fsp3) is 0.391. The molecule has 0 saturated carbocycles. The molecular weight excluding hydrogens is 437 g/mol. The summed E-state index contributed by atoms with van der Waals surface area (Å²) in [6.07, 6.45) is 6.26. The van der Waals surface area contributed by atoms with Crippen LogP contribution < -0.4 is 9.64 Å². The van der Waals surface area contributed by atoms with Gasteiger partial charge in [0.1, 0.15) is 11.6 Å². The first-order valence-corrected chi connectivity index (χ1v) is 10.8. The maximum Gasteiger partial charge on any atom is 0.387 e. The number of anilines is 1. The van der Waals surface area contributed by atoms with Crippen molar-refractivity contribution in [2.75, 3.05) is 31.1 Å². The van der Waals surface area contributed by atoms with Crippen LogP contribution in [0.5, 0.6) is 5.75 Å². The number of fused-ring (bicyclic) bond motifs is 1. The molecule has 0 radical (unpaired) electrons. The molecule has 0 aliphatic carbocycles. The van der Waals surface area contributed by atoms with E-state index in [1.807, 2.05) is 6.20 Å². The predicted molar refractivity (Wildman–Crippen MR) is 116 cm³/mol. The van der Waals surface area contributed by atoms with E-state index >= 15 is 0 Å². The number of aliphatic hydroxyl groups is 1. The van der Waals surface area contributed by atoms with E-state index in [0.29, 0.717) is 25.1 Å². The molecule has 7 nitrogen and oxygen atoms in total. The molecule has 4 heterocycles. The highest BCUT2D eigenvalue weighted by Crippen LogP contribution is 2.24. The van der Waals surface area contributed by atoms with Gasteiger partial charge in [-0.15, -0.1) is 0 Å². The van der Waals surface area contributed by atoms with Gasteiger partial charge in [-0.2, -0.15) is 13.9 Å². The summed E-state index contributed by atoms with van der Waals surface area (Å²) in [6, 6.07) is 8.50. The number of carbonyl (C=O) groups excluding carboxylic acids is 1. The minimum absolute atomic E-state index is 0.0369. The zero-order valence-corrected chi connectivity index (χ0v) is 17.9. The lowest BCUT2D eigenvalue weighted by atomic mass is 10.2. The summed E-state index contributed by atoms with van der Waals surface area (Å²) in [5.41, 5.74) is 2.62. The average molecular weight is 462 g/mol. The van der Waals surface area contributed by atoms with E-state index in [0.717, 1.165) is 48.6 Å². The van der Waals surface area contributed by atoms with E-state index in [4.69, 9.17) is 0 Å². The van der Waals surface area contributed by atoms with Gasteiger partial charge in [0.2, 0.25) is 0 Å². The lowest BCUT2D eigenvalue weighted by molar-refractivity contribution is -0.0498. The van der Waals surface area contributed by atoms with Crippen molar-refractivity contribution in [1.29, 1.82) is 0 Å². The largest absolute Gasteiger partial charge is 0.435 e. The molecule has 176 valence electrons. The van der Waals surface area contributed by atoms with Crippen LogP contribution in [0.25, 0.3) is 5.52 Å². The van der Waals surface area contributed by atoms with Crippen LogP contribution in [0.15, 0.2) is 48.8 Å². The Labute approximate surface area is 189 Å². The Bertz CT molecular complexity index is 1080. The van der Waals surface area contributed by atoms with Crippen molar-refractivity contribution in [2.45, 2.75) is 32.0 Å². The zero-order chi connectivity index (χ0) is 23.4. The van der Waals surface area contributed by atoms with Crippen molar-refractivity contribution in [3.05, 3.63) is 60.2 Å². The summed E-state index contributed by atoms with van der Waals surface area (Å²) >= 11 is 0. The van der Waals surface area contributed by atoms with Crippen LogP contribution in [0.4, 0.5) is 18.9 Å². The topological polar surface area (TPSA) is 70.3 Å². The van der Waals surface area contributed by atoms with Crippen LogP contribution in [0, 0.1) is 5.82 Å². The third kappa shape index (κ3) is 5.57. The van der Waals surface area contributed by atoms with Crippen LogP contribution in [0.2, 0.25) is 0 Å². The molecule has 2 saturated heterocycles. The smallest absolute Gasteiger partial charge is 0.387 e. The molecule has 1 N–H and O–H groups in total. The molecular formula is C23H25F3N4O3. The van der Waals surface area contributed by atoms with Gasteiger partial charge in [-0.05, 0) is 55.7 Å². The molecule has 1 amide bonds. The Kier molecular flexibility index (Phi) is 7.02. The Morgan fingerprint density at radius 2 is 1.85 bits per heavy atom. The maximum absolute atomic E-state index is 12.6. The minimum Gasteiger partial charge on any atom is -0.435 e. The number of alkyl halides is 2. The van der Waals surface area contributed by atoms with Crippen LogP contribution in [0.1, 0.15) is 29.6 Å². The average Bonchev–Trinajstić information content (AvgIpc) is 3.55. The number of amides is 1. The third-order valence-corrected chi connectivity index (χ3v) is 5.70. The van der Waals surface area contributed by atoms with Crippen LogP contribution >= 0.6 is 0 Å². The van der Waals surface area contributed by atoms with E-state index in [1.54, 1.807) is 15.6 Å². The lowest BCUT2D eigenvalue weighted by Gasteiger charge is -2.18. The second kappa shape index (κ2) is 10.1. The molecule has 2 aliphatic heterocycles. The Balaban J connectivity index is 0.000000200. The number of pyridine rings is 1. The van der Waals surface area contributed by atoms with Gasteiger partial charge in [0.25, 0.3) is 5.91 Å². The SMILES string of the molecule is Fc1ccc(OC(F)F)cc1.O=C(c1cnn2ccc(N3CCCC3)cc12)N1CCC(O)C1. The second-order valence-electron chi connectivity index (χ2n) is 7.99. The van der Waals surface area contributed by atoms with Gasteiger partial charge in [-0.25, -0.2) is 8.91 Å². The number of nitrogens with zero attached hydrogens (tertiary/aromatic N) is 4. The summed E-state index contributed by atoms with van der Waals surface area (Å²) in [6.45, 7) is 0.323. The van der Waals surface area contributed by atoms with Gasteiger partial charge in [0, 0.05) is 38.1 Å². The normalized spacial score (nSPS) is 18.0. The highest BCUT2D eigenvalue weighted by Gasteiger charge is 2.27. The van der Waals surface area contributed by atoms with Gasteiger partial charge in [0.05, 0.1) is 23.4 Å². The number of hydrogen-bond acceptors (Lipinski definition) is 5. The molecule has 1 atom stereocenters. The van der Waals surface area contributed by atoms with Gasteiger partial charge >= 0.3 is 6.61 Å². The first-order chi connectivity index (χ1) is 15.9. The number of β-amino-alcohol motifs (C(OH)–C–C–N with tert-alkyl or cyclic N) is 1. The molecule has 2 aromatic heterocycles. The highest BCUT2D eigenvalue weighted by molar-refractivity contribution is 6.01. The van der Waals surface area contributed by atoms with E-state index in [-0.39, 0.29) is 11.7 Å². The fourth-order valence-electron chi connectivity index (χ4n) is 4.02. The van der Waals surface area contributed by atoms with E-state index in [9.17, 15) is 23.1 Å². The second-order valence-corrected chi connectivity index (χ2v) is 7.99. The molecule has 3 aromatic rings. The highest BCUT2D eigenvalue weighted by atomic mass is 19.3. The first kappa shape index (κ1) is 22.9. The monoisotopic (exact) mass is 462 g/mol. The molecule has 33 heavy (non-hydrogen) atoms. The number of carbonyl (C=O) groups is 1. The van der Waals surface area contributed by atoms with Crippen molar-refractivity contribution in [1.82, 2.24) is 14.5 Å². The number of aliphatic hydroxyl groups excluding tert-OH is 1. The van der Waals surface area contributed by atoms with E-state index in [1.165, 1.54) is 12.8 Å². The number of halogens is 3. The van der Waals surface area contributed by atoms with E-state index in [2.05, 4.69) is 26.9 Å². The van der Waals surface area contributed by atoms with E-state index < -0.39 is 18.5 Å². The summed E-state index contributed by atoms with van der Waals surface area (Å²) in [5, 5.41) is 13.9. The number of aromatic nitrogens is 2. The zero-order valence-electron chi connectivity index (χ0n) is 17.9. The first-order valence-electron chi connectivity index (χ1n) is 10.8. The molecule has 0 bridgehead atoms. The third-order valence-electron chi connectivity index (χ3n) is 5.70. The molecule has 0 spiro atoms. The fourth-order valence-corrected chi connectivity index (χ4v) is 4.02. The lowest BCUT2D eigenvalue weighted by Crippen LogP contribution is -2.29. The molecule has 10 heteroatoms. The number of ether oxygens (including phenoxy) is 1. The predicted octanol–water partition coefficient (Wildman–Crippen LogP) is 3.57. The van der Waals surface area contributed by atoms with Crippen molar-refractivity contribution < 1.29 is 27.8 Å². The Hall–Kier alpha value is -3.27. The van der Waals surface area contributed by atoms with Crippen LogP contribution in [0.3, 0.4) is 0 Å². The molecule has 5 rings (SSSR count). The summed E-state index contributed by atoms with van der Waals surface area (Å²) in [7, 11) is 0. The number of benzene rings is 1. The molecule has 2 fully saturated rings. The van der Waals surface area contributed by atoms with Crippen molar-refractivity contribution in [2.24, 2.45) is 0 Å². The number of likely N-dealkylation sites (tertiary alicyclic amines) is 1. The van der Waals surface area contributed by atoms with Crippen molar-refractivity contribution in [3.8, 4) is 5.75 Å². The molecule has 2 aliphatic rings. The van der Waals surface area contributed by atoms with Gasteiger partial charge in [0.15, 0.2) is 0 Å². The minimum atomic E-state index is -2.86. The summed E-state index contributed by atoms with van der Waals surface area (Å²) < 4.78 is 40.9. The van der Waals surface area contributed by atoms with Gasteiger partial charge < -0.3 is 19.6 Å². The van der Waals surface area contributed by atoms with Gasteiger partial charge in [-0.3, -0.25) is 4.79 Å². The number of hydrogen-bond donors (Lipinski definition) is 1. The van der Waals surface area contributed by atoms with Crippen LogP contribution in [-0.4, -0.2) is 64.4 Å². The quantitative estimate of drug-likeness (QED) is 0.642. The Morgan fingerprint density at radius 1 is 1.12 bits per heavy atom. The summed E-state index contributed by atoms with van der Waals surface area (Å²) in [5.74, 6) is -0.557.